The van der Waals surface area contributed by atoms with Gasteiger partial charge in [0, 0.05) is 17.2 Å². The second-order valence-electron chi connectivity index (χ2n) is 6.65. The van der Waals surface area contributed by atoms with Crippen molar-refractivity contribution in [1.82, 2.24) is 4.57 Å². The molecular weight excluding hydrogens is 282 g/mol. The molecule has 1 heterocycles. The second kappa shape index (κ2) is 8.14. The molecule has 2 aromatic rings. The van der Waals surface area contributed by atoms with Crippen LogP contribution >= 0.6 is 0 Å². The van der Waals surface area contributed by atoms with Gasteiger partial charge in [-0.3, -0.25) is 9.36 Å². The average Bonchev–Trinajstić information content (AvgIpc) is 2.99. The number of hydrogen-bond acceptors (Lipinski definition) is 1. The third kappa shape index (κ3) is 4.13. The molecule has 1 aromatic carbocycles. The van der Waals surface area contributed by atoms with E-state index < -0.39 is 0 Å². The van der Waals surface area contributed by atoms with Gasteiger partial charge in [0.05, 0.1) is 5.52 Å². The summed E-state index contributed by atoms with van der Waals surface area (Å²) in [6, 6.07) is 10.1. The SMILES string of the molecule is O=C(/C1=C/CCCCCCCCCC1)n1ccc2ccccc21. The van der Waals surface area contributed by atoms with Crippen LogP contribution in [-0.4, -0.2) is 10.5 Å². The first-order chi connectivity index (χ1) is 11.4. The van der Waals surface area contributed by atoms with E-state index in [-0.39, 0.29) is 5.91 Å². The fourth-order valence-corrected chi connectivity index (χ4v) is 3.51. The van der Waals surface area contributed by atoms with Gasteiger partial charge in [-0.2, -0.15) is 0 Å². The maximum atomic E-state index is 13.0. The minimum atomic E-state index is 0.170. The van der Waals surface area contributed by atoms with Gasteiger partial charge in [-0.1, -0.05) is 62.8 Å². The molecule has 0 N–H and O–H groups in total. The molecule has 0 atom stereocenters. The highest BCUT2D eigenvalue weighted by Gasteiger charge is 2.14. The Bertz CT molecular complexity index is 680. The third-order valence-electron chi connectivity index (χ3n) is 4.88. The van der Waals surface area contributed by atoms with E-state index in [1.807, 2.05) is 35.0 Å². The van der Waals surface area contributed by atoms with Crippen LogP contribution in [0.4, 0.5) is 0 Å². The summed E-state index contributed by atoms with van der Waals surface area (Å²) in [4.78, 5) is 13.0. The topological polar surface area (TPSA) is 22.0 Å². The zero-order chi connectivity index (χ0) is 15.9. The molecule has 0 aliphatic heterocycles. The maximum Gasteiger partial charge on any atom is 0.257 e. The van der Waals surface area contributed by atoms with E-state index in [1.54, 1.807) is 0 Å². The average molecular weight is 309 g/mol. The number of carbonyl (C=O) groups is 1. The largest absolute Gasteiger partial charge is 0.283 e. The van der Waals surface area contributed by atoms with Crippen molar-refractivity contribution < 1.29 is 4.79 Å². The molecule has 1 aliphatic carbocycles. The van der Waals surface area contributed by atoms with E-state index >= 15 is 0 Å². The molecule has 0 radical (unpaired) electrons. The molecule has 1 aromatic heterocycles. The molecule has 122 valence electrons. The van der Waals surface area contributed by atoms with Gasteiger partial charge in [-0.15, -0.1) is 0 Å². The molecule has 3 rings (SSSR count). The van der Waals surface area contributed by atoms with E-state index in [0.29, 0.717) is 0 Å². The Labute approximate surface area is 139 Å². The number of fused-ring (bicyclic) bond motifs is 1. The van der Waals surface area contributed by atoms with Crippen LogP contribution in [0.1, 0.15) is 69.0 Å². The lowest BCUT2D eigenvalue weighted by Gasteiger charge is -2.11. The summed E-state index contributed by atoms with van der Waals surface area (Å²) in [5, 5.41) is 1.13. The number of hydrogen-bond donors (Lipinski definition) is 0. The molecule has 0 fully saturated rings. The summed E-state index contributed by atoms with van der Waals surface area (Å²) in [5.74, 6) is 0.170. The lowest BCUT2D eigenvalue weighted by atomic mass is 10.00. The normalized spacial score (nSPS) is 20.3. The number of para-hydroxylation sites is 1. The smallest absolute Gasteiger partial charge is 0.257 e. The summed E-state index contributed by atoms with van der Waals surface area (Å²) in [6.45, 7) is 0. The second-order valence-corrected chi connectivity index (χ2v) is 6.65. The van der Waals surface area contributed by atoms with Crippen molar-refractivity contribution in [2.24, 2.45) is 0 Å². The predicted octanol–water partition coefficient (Wildman–Crippen LogP) is 6.12. The quantitative estimate of drug-likeness (QED) is 0.621. The molecule has 2 heteroatoms. The summed E-state index contributed by atoms with van der Waals surface area (Å²) in [6.07, 6.45) is 16.4. The number of aromatic nitrogens is 1. The Hall–Kier alpha value is -1.83. The molecule has 0 unspecified atom stereocenters. The molecule has 0 bridgehead atoms. The van der Waals surface area contributed by atoms with E-state index in [2.05, 4.69) is 12.1 Å². The van der Waals surface area contributed by atoms with Crippen molar-refractivity contribution in [2.75, 3.05) is 0 Å². The van der Waals surface area contributed by atoms with Crippen LogP contribution in [0.5, 0.6) is 0 Å². The zero-order valence-corrected chi connectivity index (χ0v) is 14.0. The van der Waals surface area contributed by atoms with Gasteiger partial charge in [-0.25, -0.2) is 0 Å². The van der Waals surface area contributed by atoms with Gasteiger partial charge in [0.1, 0.15) is 0 Å². The lowest BCUT2D eigenvalue weighted by Crippen LogP contribution is -2.12. The van der Waals surface area contributed by atoms with E-state index in [9.17, 15) is 4.79 Å². The number of nitrogens with zero attached hydrogens (tertiary/aromatic N) is 1. The van der Waals surface area contributed by atoms with Crippen LogP contribution in [0.3, 0.4) is 0 Å². The van der Waals surface area contributed by atoms with Crippen molar-refractivity contribution in [1.29, 1.82) is 0 Å². The predicted molar refractivity (Wildman–Crippen MR) is 96.8 cm³/mol. The van der Waals surface area contributed by atoms with Crippen molar-refractivity contribution in [2.45, 2.75) is 64.2 Å². The van der Waals surface area contributed by atoms with Gasteiger partial charge >= 0.3 is 0 Å². The first-order valence-corrected chi connectivity index (χ1v) is 9.16. The Balaban J connectivity index is 1.79. The molecule has 0 saturated heterocycles. The minimum absolute atomic E-state index is 0.170. The third-order valence-corrected chi connectivity index (χ3v) is 4.88. The molecule has 0 amide bonds. The maximum absolute atomic E-state index is 13.0. The number of carbonyl (C=O) groups excluding carboxylic acids is 1. The standard InChI is InChI=1S/C21H27NO/c23-21(22-17-16-18-12-10-11-15-20(18)22)19-13-8-6-4-2-1-3-5-7-9-14-19/h10-13,15-17H,1-9,14H2/b19-13+. The molecule has 2 nitrogen and oxygen atoms in total. The lowest BCUT2D eigenvalue weighted by molar-refractivity contribution is 0.0955. The summed E-state index contributed by atoms with van der Waals surface area (Å²) in [5.41, 5.74) is 2.02. The first kappa shape index (κ1) is 16.0. The van der Waals surface area contributed by atoms with Gasteiger partial charge in [-0.05, 0) is 37.8 Å². The Morgan fingerprint density at radius 3 is 2.35 bits per heavy atom. The minimum Gasteiger partial charge on any atom is -0.283 e. The van der Waals surface area contributed by atoms with Crippen LogP contribution in [-0.2, 0) is 0 Å². The van der Waals surface area contributed by atoms with Gasteiger partial charge in [0.15, 0.2) is 0 Å². The van der Waals surface area contributed by atoms with Crippen LogP contribution in [0, 0.1) is 0 Å². The van der Waals surface area contributed by atoms with E-state index in [0.717, 1.165) is 35.7 Å². The monoisotopic (exact) mass is 309 g/mol. The van der Waals surface area contributed by atoms with Crippen molar-refractivity contribution in [3.05, 3.63) is 48.2 Å². The Morgan fingerprint density at radius 2 is 1.52 bits per heavy atom. The van der Waals surface area contributed by atoms with Crippen molar-refractivity contribution in [3.8, 4) is 0 Å². The van der Waals surface area contributed by atoms with Gasteiger partial charge < -0.3 is 0 Å². The first-order valence-electron chi connectivity index (χ1n) is 9.16. The van der Waals surface area contributed by atoms with Gasteiger partial charge in [0.2, 0.25) is 0 Å². The fourth-order valence-electron chi connectivity index (χ4n) is 3.51. The Morgan fingerprint density at radius 1 is 0.826 bits per heavy atom. The summed E-state index contributed by atoms with van der Waals surface area (Å²) < 4.78 is 1.83. The molecule has 23 heavy (non-hydrogen) atoms. The Kier molecular flexibility index (Phi) is 5.68. The van der Waals surface area contributed by atoms with Crippen molar-refractivity contribution in [3.63, 3.8) is 0 Å². The van der Waals surface area contributed by atoms with E-state index in [1.165, 1.54) is 44.9 Å². The highest BCUT2D eigenvalue weighted by molar-refractivity contribution is 6.01. The van der Waals surface area contributed by atoms with Gasteiger partial charge in [0.25, 0.3) is 5.91 Å². The van der Waals surface area contributed by atoms with Crippen molar-refractivity contribution >= 4 is 16.8 Å². The molecular formula is C21H27NO. The molecule has 0 saturated carbocycles. The number of rotatable bonds is 1. The summed E-state index contributed by atoms with van der Waals surface area (Å²) >= 11 is 0. The zero-order valence-electron chi connectivity index (χ0n) is 14.0. The fraction of sp³-hybridized carbons (Fsp3) is 0.476. The number of allylic oxidation sites excluding steroid dienone is 2. The highest BCUT2D eigenvalue weighted by atomic mass is 16.2. The highest BCUT2D eigenvalue weighted by Crippen LogP contribution is 2.21. The van der Waals surface area contributed by atoms with Crippen LogP contribution < -0.4 is 0 Å². The number of benzene rings is 1. The molecule has 1 aliphatic rings. The van der Waals surface area contributed by atoms with Crippen LogP contribution in [0.25, 0.3) is 10.9 Å². The summed E-state index contributed by atoms with van der Waals surface area (Å²) in [7, 11) is 0. The van der Waals surface area contributed by atoms with E-state index in [4.69, 9.17) is 0 Å². The van der Waals surface area contributed by atoms with Crippen LogP contribution in [0.15, 0.2) is 48.2 Å². The molecule has 0 spiro atoms. The van der Waals surface area contributed by atoms with Crippen LogP contribution in [0.2, 0.25) is 0 Å².